The third kappa shape index (κ3) is 4.14. The average Bonchev–Trinajstić information content (AvgIpc) is 2.63. The van der Waals surface area contributed by atoms with Crippen molar-refractivity contribution in [3.8, 4) is 0 Å². The third-order valence-corrected chi connectivity index (χ3v) is 3.08. The Labute approximate surface area is 108 Å². The molecular weight excluding hydrogens is 232 g/mol. The molecule has 1 unspecified atom stereocenters. The number of carbonyl (C=O) groups excluding carboxylic acids is 1. The number of hydrogen-bond acceptors (Lipinski definition) is 4. The van der Waals surface area contributed by atoms with Crippen LogP contribution in [0.2, 0.25) is 0 Å². The number of aromatic nitrogens is 1. The van der Waals surface area contributed by atoms with Gasteiger partial charge in [-0.1, -0.05) is 5.16 Å². The van der Waals surface area contributed by atoms with Crippen molar-refractivity contribution < 1.29 is 14.4 Å². The van der Waals surface area contributed by atoms with Crippen LogP contribution >= 0.6 is 0 Å². The van der Waals surface area contributed by atoms with Crippen molar-refractivity contribution in [2.75, 3.05) is 13.6 Å². The summed E-state index contributed by atoms with van der Waals surface area (Å²) in [5.41, 5.74) is 1.87. The SMILES string of the molecule is Cc1noc(C)c1CCC(=O)N(C)CCC(C)O. The van der Waals surface area contributed by atoms with Gasteiger partial charge in [-0.2, -0.15) is 0 Å². The number of nitrogens with zero attached hydrogens (tertiary/aromatic N) is 2. The third-order valence-electron chi connectivity index (χ3n) is 3.08. The second-order valence-corrected chi connectivity index (χ2v) is 4.76. The van der Waals surface area contributed by atoms with Gasteiger partial charge in [0.05, 0.1) is 11.8 Å². The summed E-state index contributed by atoms with van der Waals surface area (Å²) in [4.78, 5) is 13.5. The number of aliphatic hydroxyl groups is 1. The highest BCUT2D eigenvalue weighted by Crippen LogP contribution is 2.14. The second-order valence-electron chi connectivity index (χ2n) is 4.76. The lowest BCUT2D eigenvalue weighted by molar-refractivity contribution is -0.130. The summed E-state index contributed by atoms with van der Waals surface area (Å²) in [5.74, 6) is 0.864. The molecule has 1 heterocycles. The van der Waals surface area contributed by atoms with Crippen molar-refractivity contribution in [3.05, 3.63) is 17.0 Å². The molecule has 1 amide bonds. The smallest absolute Gasteiger partial charge is 0.222 e. The molecule has 1 atom stereocenters. The van der Waals surface area contributed by atoms with Gasteiger partial charge in [-0.25, -0.2) is 0 Å². The van der Waals surface area contributed by atoms with Gasteiger partial charge >= 0.3 is 0 Å². The molecule has 0 aliphatic carbocycles. The lowest BCUT2D eigenvalue weighted by Crippen LogP contribution is -2.29. The summed E-state index contributed by atoms with van der Waals surface area (Å²) in [5, 5.41) is 13.0. The van der Waals surface area contributed by atoms with E-state index in [1.807, 2.05) is 13.8 Å². The van der Waals surface area contributed by atoms with E-state index in [2.05, 4.69) is 5.16 Å². The topological polar surface area (TPSA) is 66.6 Å². The van der Waals surface area contributed by atoms with E-state index in [4.69, 9.17) is 4.52 Å². The van der Waals surface area contributed by atoms with Crippen LogP contribution in [0.1, 0.15) is 36.8 Å². The van der Waals surface area contributed by atoms with Gasteiger partial charge in [-0.15, -0.1) is 0 Å². The van der Waals surface area contributed by atoms with Crippen molar-refractivity contribution in [1.82, 2.24) is 10.1 Å². The molecule has 18 heavy (non-hydrogen) atoms. The van der Waals surface area contributed by atoms with Crippen LogP contribution < -0.4 is 0 Å². The molecule has 1 aromatic rings. The van der Waals surface area contributed by atoms with Crippen LogP contribution in [0.5, 0.6) is 0 Å². The first-order valence-electron chi connectivity index (χ1n) is 6.25. The number of aliphatic hydroxyl groups excluding tert-OH is 1. The first-order chi connectivity index (χ1) is 8.41. The van der Waals surface area contributed by atoms with E-state index in [0.717, 1.165) is 17.0 Å². The van der Waals surface area contributed by atoms with Crippen molar-refractivity contribution >= 4 is 5.91 Å². The Morgan fingerprint density at radius 1 is 1.50 bits per heavy atom. The summed E-state index contributed by atoms with van der Waals surface area (Å²) in [6.07, 6.45) is 1.33. The van der Waals surface area contributed by atoms with E-state index >= 15 is 0 Å². The maximum Gasteiger partial charge on any atom is 0.222 e. The summed E-state index contributed by atoms with van der Waals surface area (Å²) in [6.45, 7) is 6.05. The van der Waals surface area contributed by atoms with Gasteiger partial charge in [0.2, 0.25) is 5.91 Å². The van der Waals surface area contributed by atoms with Crippen LogP contribution in [0.25, 0.3) is 0 Å². The van der Waals surface area contributed by atoms with Crippen molar-refractivity contribution in [2.45, 2.75) is 46.1 Å². The first-order valence-corrected chi connectivity index (χ1v) is 6.25. The number of carbonyl (C=O) groups is 1. The summed E-state index contributed by atoms with van der Waals surface area (Å²) < 4.78 is 5.06. The minimum Gasteiger partial charge on any atom is -0.393 e. The molecule has 0 bridgehead atoms. The molecule has 5 heteroatoms. The zero-order valence-electron chi connectivity index (χ0n) is 11.6. The standard InChI is InChI=1S/C13H22N2O3/c1-9(16)7-8-15(4)13(17)6-5-12-10(2)14-18-11(12)3/h9,16H,5-8H2,1-4H3. The van der Waals surface area contributed by atoms with Crippen LogP contribution in [0.15, 0.2) is 4.52 Å². The quantitative estimate of drug-likeness (QED) is 0.834. The minimum atomic E-state index is -0.372. The molecule has 0 fully saturated rings. The average molecular weight is 254 g/mol. The lowest BCUT2D eigenvalue weighted by Gasteiger charge is -2.17. The van der Waals surface area contributed by atoms with E-state index in [0.29, 0.717) is 25.8 Å². The van der Waals surface area contributed by atoms with Gasteiger partial charge in [-0.3, -0.25) is 4.79 Å². The van der Waals surface area contributed by atoms with E-state index in [1.54, 1.807) is 18.9 Å². The van der Waals surface area contributed by atoms with Gasteiger partial charge in [-0.05, 0) is 33.6 Å². The minimum absolute atomic E-state index is 0.0793. The summed E-state index contributed by atoms with van der Waals surface area (Å²) in [7, 11) is 1.76. The zero-order chi connectivity index (χ0) is 13.7. The maximum atomic E-state index is 11.9. The van der Waals surface area contributed by atoms with E-state index in [-0.39, 0.29) is 12.0 Å². The molecule has 5 nitrogen and oxygen atoms in total. The van der Waals surface area contributed by atoms with E-state index < -0.39 is 0 Å². The fraction of sp³-hybridized carbons (Fsp3) is 0.692. The highest BCUT2D eigenvalue weighted by molar-refractivity contribution is 5.76. The molecule has 0 aliphatic heterocycles. The lowest BCUT2D eigenvalue weighted by atomic mass is 10.1. The molecule has 1 rings (SSSR count). The molecule has 0 radical (unpaired) electrons. The number of amides is 1. The molecule has 0 aromatic carbocycles. The predicted molar refractivity (Wildman–Crippen MR) is 68.2 cm³/mol. The van der Waals surface area contributed by atoms with Gasteiger partial charge in [0, 0.05) is 25.6 Å². The van der Waals surface area contributed by atoms with Crippen LogP contribution in [-0.2, 0) is 11.2 Å². The molecular formula is C13H22N2O3. The maximum absolute atomic E-state index is 11.9. The molecule has 1 N–H and O–H groups in total. The Balaban J connectivity index is 2.41. The predicted octanol–water partition coefficient (Wildman–Crippen LogP) is 1.45. The fourth-order valence-corrected chi connectivity index (χ4v) is 1.79. The van der Waals surface area contributed by atoms with Crippen molar-refractivity contribution in [1.29, 1.82) is 0 Å². The Morgan fingerprint density at radius 2 is 2.17 bits per heavy atom. The monoisotopic (exact) mass is 254 g/mol. The van der Waals surface area contributed by atoms with E-state index in [1.165, 1.54) is 0 Å². The largest absolute Gasteiger partial charge is 0.393 e. The fourth-order valence-electron chi connectivity index (χ4n) is 1.79. The Morgan fingerprint density at radius 3 is 2.67 bits per heavy atom. The van der Waals surface area contributed by atoms with Gasteiger partial charge in [0.15, 0.2) is 0 Å². The summed E-state index contributed by atoms with van der Waals surface area (Å²) in [6, 6.07) is 0. The van der Waals surface area contributed by atoms with Gasteiger partial charge < -0.3 is 14.5 Å². The Hall–Kier alpha value is -1.36. The highest BCUT2D eigenvalue weighted by Gasteiger charge is 2.14. The number of hydrogen-bond donors (Lipinski definition) is 1. The van der Waals surface area contributed by atoms with Crippen LogP contribution in [0.4, 0.5) is 0 Å². The van der Waals surface area contributed by atoms with Gasteiger partial charge in [0.25, 0.3) is 0 Å². The highest BCUT2D eigenvalue weighted by atomic mass is 16.5. The normalized spacial score (nSPS) is 12.5. The zero-order valence-corrected chi connectivity index (χ0v) is 11.6. The molecule has 0 spiro atoms. The van der Waals surface area contributed by atoms with Crippen molar-refractivity contribution in [2.24, 2.45) is 0 Å². The second kappa shape index (κ2) is 6.54. The molecule has 0 saturated heterocycles. The molecule has 102 valence electrons. The number of rotatable bonds is 6. The number of aryl methyl sites for hydroxylation is 2. The Kier molecular flexibility index (Phi) is 5.34. The van der Waals surface area contributed by atoms with Gasteiger partial charge in [0.1, 0.15) is 5.76 Å². The van der Waals surface area contributed by atoms with Crippen LogP contribution in [0.3, 0.4) is 0 Å². The van der Waals surface area contributed by atoms with Crippen LogP contribution in [0, 0.1) is 13.8 Å². The van der Waals surface area contributed by atoms with Crippen molar-refractivity contribution in [3.63, 3.8) is 0 Å². The van der Waals surface area contributed by atoms with E-state index in [9.17, 15) is 9.90 Å². The Bertz CT molecular complexity index is 379. The van der Waals surface area contributed by atoms with Crippen LogP contribution in [-0.4, -0.2) is 40.8 Å². The molecule has 0 aliphatic rings. The molecule has 0 saturated carbocycles. The molecule has 1 aromatic heterocycles. The first kappa shape index (κ1) is 14.7. The summed E-state index contributed by atoms with van der Waals surface area (Å²) >= 11 is 0.